The van der Waals surface area contributed by atoms with Crippen LogP contribution in [-0.4, -0.2) is 37.4 Å². The van der Waals surface area contributed by atoms with E-state index in [1.807, 2.05) is 19.1 Å². The second kappa shape index (κ2) is 7.84. The molecule has 0 bridgehead atoms. The smallest absolute Gasteiger partial charge is 0.454 e. The largest absolute Gasteiger partial charge is 0.493 e. The molecule has 1 aliphatic heterocycles. The molecule has 1 aromatic heterocycles. The number of hydrogen-bond acceptors (Lipinski definition) is 5. The van der Waals surface area contributed by atoms with Gasteiger partial charge in [-0.15, -0.1) is 0 Å². The highest BCUT2D eigenvalue weighted by molar-refractivity contribution is 6.43. The predicted molar refractivity (Wildman–Crippen MR) is 93.4 cm³/mol. The van der Waals surface area contributed by atoms with Gasteiger partial charge in [-0.05, 0) is 37.0 Å². The van der Waals surface area contributed by atoms with Crippen LogP contribution in [0.25, 0.3) is 11.3 Å². The summed E-state index contributed by atoms with van der Waals surface area (Å²) >= 11 is 0. The van der Waals surface area contributed by atoms with Crippen molar-refractivity contribution in [3.05, 3.63) is 41.8 Å². The molecule has 0 unspecified atom stereocenters. The van der Waals surface area contributed by atoms with Crippen molar-refractivity contribution in [3.8, 4) is 22.8 Å². The summed E-state index contributed by atoms with van der Waals surface area (Å²) in [5.74, 6) is -0.0147. The second-order valence-corrected chi connectivity index (χ2v) is 5.98. The van der Waals surface area contributed by atoms with Gasteiger partial charge in [0.15, 0.2) is 17.3 Å². The summed E-state index contributed by atoms with van der Waals surface area (Å²) in [4.78, 5) is 4.57. The van der Waals surface area contributed by atoms with Crippen molar-refractivity contribution in [1.29, 1.82) is 0 Å². The molecule has 2 heterocycles. The van der Waals surface area contributed by atoms with E-state index in [1.165, 1.54) is 7.11 Å². The van der Waals surface area contributed by atoms with Gasteiger partial charge in [0, 0.05) is 23.8 Å². The number of methoxy groups -OCH3 is 1. The highest BCUT2D eigenvalue weighted by atomic mass is 19.1. The number of benzene rings is 1. The molecule has 1 fully saturated rings. The molecule has 132 valence electrons. The van der Waals surface area contributed by atoms with Crippen LogP contribution < -0.4 is 9.47 Å². The predicted octanol–water partition coefficient (Wildman–Crippen LogP) is 3.28. The highest BCUT2D eigenvalue weighted by Gasteiger charge is 2.30. The number of hydrogen-bond donors (Lipinski definition) is 1. The Morgan fingerprint density at radius 3 is 2.88 bits per heavy atom. The van der Waals surface area contributed by atoms with Crippen LogP contribution in [0.4, 0.5) is 4.39 Å². The van der Waals surface area contributed by atoms with E-state index in [0.29, 0.717) is 36.5 Å². The van der Waals surface area contributed by atoms with E-state index >= 15 is 0 Å². The van der Waals surface area contributed by atoms with Crippen LogP contribution in [0.15, 0.2) is 30.3 Å². The van der Waals surface area contributed by atoms with Gasteiger partial charge in [-0.1, -0.05) is 13.0 Å². The molecule has 0 radical (unpaired) electrons. The summed E-state index contributed by atoms with van der Waals surface area (Å²) in [5.41, 5.74) is 1.65. The summed E-state index contributed by atoms with van der Waals surface area (Å²) in [6, 6.07) is 8.77. The Hall–Kier alpha value is -2.12. The molecule has 7 heteroatoms. The Labute approximate surface area is 146 Å². The molecule has 5 nitrogen and oxygen atoms in total. The third-order valence-electron chi connectivity index (χ3n) is 4.17. The molecule has 0 saturated carbocycles. The number of nitrogens with zero attached hydrogens (tertiary/aromatic N) is 1. The van der Waals surface area contributed by atoms with E-state index in [1.54, 1.807) is 18.2 Å². The first kappa shape index (κ1) is 17.7. The zero-order chi connectivity index (χ0) is 17.8. The molecule has 1 aliphatic rings. The Morgan fingerprint density at radius 1 is 1.36 bits per heavy atom. The second-order valence-electron chi connectivity index (χ2n) is 5.98. The fourth-order valence-electron chi connectivity index (χ4n) is 2.88. The maximum atomic E-state index is 15.0. The number of aromatic nitrogens is 1. The lowest BCUT2D eigenvalue weighted by Gasteiger charge is -2.14. The first-order valence-corrected chi connectivity index (χ1v) is 8.40. The average molecular weight is 345 g/mol. The van der Waals surface area contributed by atoms with Crippen LogP contribution >= 0.6 is 0 Å². The van der Waals surface area contributed by atoms with Gasteiger partial charge in [-0.25, -0.2) is 4.39 Å². The van der Waals surface area contributed by atoms with Crippen molar-refractivity contribution in [2.24, 2.45) is 0 Å². The zero-order valence-corrected chi connectivity index (χ0v) is 14.4. The van der Waals surface area contributed by atoms with Crippen LogP contribution in [0, 0.1) is 5.82 Å². The maximum Gasteiger partial charge on any atom is 0.454 e. The molecule has 0 amide bonds. The van der Waals surface area contributed by atoms with Crippen LogP contribution in [0.2, 0.25) is 6.32 Å². The third-order valence-corrected chi connectivity index (χ3v) is 4.17. The maximum absolute atomic E-state index is 15.0. The van der Waals surface area contributed by atoms with Gasteiger partial charge in [-0.2, -0.15) is 0 Å². The molecule has 2 aromatic rings. The first-order chi connectivity index (χ1) is 12.1. The molecule has 1 aromatic carbocycles. The van der Waals surface area contributed by atoms with Gasteiger partial charge < -0.3 is 19.2 Å². The number of halogens is 1. The van der Waals surface area contributed by atoms with E-state index in [9.17, 15) is 9.41 Å². The van der Waals surface area contributed by atoms with Crippen molar-refractivity contribution in [3.63, 3.8) is 0 Å². The Morgan fingerprint density at radius 2 is 2.20 bits per heavy atom. The molecular weight excluding hydrogens is 324 g/mol. The fourth-order valence-corrected chi connectivity index (χ4v) is 2.88. The topological polar surface area (TPSA) is 60.8 Å². The van der Waals surface area contributed by atoms with Gasteiger partial charge in [-0.3, -0.25) is 4.98 Å². The molecule has 1 atom stereocenters. The van der Waals surface area contributed by atoms with E-state index in [2.05, 4.69) is 4.98 Å². The van der Waals surface area contributed by atoms with Crippen molar-refractivity contribution in [1.82, 2.24) is 4.98 Å². The highest BCUT2D eigenvalue weighted by Crippen LogP contribution is 2.37. The minimum atomic E-state index is -0.762. The number of pyridine rings is 1. The molecule has 3 rings (SSSR count). The molecule has 1 N–H and O–H groups in total. The first-order valence-electron chi connectivity index (χ1n) is 8.40. The lowest BCUT2D eigenvalue weighted by molar-refractivity contribution is 0.280. The van der Waals surface area contributed by atoms with Gasteiger partial charge in [0.25, 0.3) is 0 Å². The lowest BCUT2D eigenvalue weighted by atomic mass is 9.81. The van der Waals surface area contributed by atoms with E-state index in [-0.39, 0.29) is 11.7 Å². The SMILES string of the molecule is CCCOc1c(OC)ccc(-c2cccc([C@@H]3COB(O)C3)n2)c1F. The summed E-state index contributed by atoms with van der Waals surface area (Å²) in [5, 5.41) is 9.53. The third kappa shape index (κ3) is 3.77. The monoisotopic (exact) mass is 345 g/mol. The van der Waals surface area contributed by atoms with Gasteiger partial charge >= 0.3 is 7.12 Å². The fraction of sp³-hybridized carbons (Fsp3) is 0.389. The van der Waals surface area contributed by atoms with Crippen LogP contribution in [0.5, 0.6) is 11.5 Å². The average Bonchev–Trinajstić information content (AvgIpc) is 3.07. The van der Waals surface area contributed by atoms with E-state index < -0.39 is 12.9 Å². The zero-order valence-electron chi connectivity index (χ0n) is 14.4. The molecule has 0 aliphatic carbocycles. The van der Waals surface area contributed by atoms with Crippen molar-refractivity contribution in [2.45, 2.75) is 25.6 Å². The van der Waals surface area contributed by atoms with Crippen molar-refractivity contribution < 1.29 is 23.5 Å². The van der Waals surface area contributed by atoms with E-state index in [4.69, 9.17) is 14.1 Å². The molecular formula is C18H21BFNO4. The Bertz CT molecular complexity index is 743. The minimum Gasteiger partial charge on any atom is -0.493 e. The quantitative estimate of drug-likeness (QED) is 0.815. The van der Waals surface area contributed by atoms with Crippen LogP contribution in [0.1, 0.15) is 25.0 Å². The number of rotatable bonds is 6. The van der Waals surface area contributed by atoms with Crippen molar-refractivity contribution >= 4 is 7.12 Å². The van der Waals surface area contributed by atoms with Crippen LogP contribution in [0.3, 0.4) is 0 Å². The Balaban J connectivity index is 1.96. The van der Waals surface area contributed by atoms with E-state index in [0.717, 1.165) is 12.1 Å². The van der Waals surface area contributed by atoms with Gasteiger partial charge in [0.1, 0.15) is 0 Å². The molecule has 25 heavy (non-hydrogen) atoms. The normalized spacial score (nSPS) is 17.0. The summed E-state index contributed by atoms with van der Waals surface area (Å²) in [6.07, 6.45) is 1.26. The Kier molecular flexibility index (Phi) is 5.55. The standard InChI is InChI=1S/C18H21BFNO4/c1-3-9-24-18-16(23-2)8-7-13(17(18)20)15-6-4-5-14(21-15)12-10-19(22)25-11-12/h4-8,12,22H,3,9-11H2,1-2H3/t12-/m0/s1. The molecule has 0 spiro atoms. The summed E-state index contributed by atoms with van der Waals surface area (Å²) < 4.78 is 30.9. The van der Waals surface area contributed by atoms with Gasteiger partial charge in [0.2, 0.25) is 0 Å². The number of ether oxygens (including phenoxy) is 2. The minimum absolute atomic E-state index is 0.00655. The summed E-state index contributed by atoms with van der Waals surface area (Å²) in [7, 11) is 0.722. The summed E-state index contributed by atoms with van der Waals surface area (Å²) in [6.45, 7) is 2.77. The van der Waals surface area contributed by atoms with Crippen molar-refractivity contribution in [2.75, 3.05) is 20.3 Å². The van der Waals surface area contributed by atoms with Crippen LogP contribution in [-0.2, 0) is 4.65 Å². The van der Waals surface area contributed by atoms with Gasteiger partial charge in [0.05, 0.1) is 19.4 Å². The molecule has 1 saturated heterocycles. The lowest BCUT2D eigenvalue weighted by Crippen LogP contribution is -2.08.